The molecule has 110 valence electrons. The van der Waals surface area contributed by atoms with E-state index in [4.69, 9.17) is 0 Å². The van der Waals surface area contributed by atoms with Gasteiger partial charge >= 0.3 is 6.18 Å². The van der Waals surface area contributed by atoms with Crippen molar-refractivity contribution in [3.05, 3.63) is 0 Å². The van der Waals surface area contributed by atoms with Crippen LogP contribution >= 0.6 is 0 Å². The first-order chi connectivity index (χ1) is 8.86. The topological polar surface area (TPSA) is 32.3 Å². The summed E-state index contributed by atoms with van der Waals surface area (Å²) in [6.45, 7) is 2.88. The lowest BCUT2D eigenvalue weighted by Gasteiger charge is -2.29. The van der Waals surface area contributed by atoms with Crippen LogP contribution in [0.3, 0.4) is 0 Å². The summed E-state index contributed by atoms with van der Waals surface area (Å²) in [5.74, 6) is -0.197. The fraction of sp³-hybridized carbons (Fsp3) is 0.923. The van der Waals surface area contributed by atoms with E-state index in [-0.39, 0.29) is 18.7 Å². The Morgan fingerprint density at radius 1 is 1.16 bits per heavy atom. The predicted molar refractivity (Wildman–Crippen MR) is 65.7 cm³/mol. The van der Waals surface area contributed by atoms with Crippen molar-refractivity contribution in [2.75, 3.05) is 13.1 Å². The Morgan fingerprint density at radius 2 is 1.68 bits per heavy atom. The van der Waals surface area contributed by atoms with E-state index in [2.05, 4.69) is 5.32 Å². The molecule has 0 spiro atoms. The molecule has 0 radical (unpaired) electrons. The van der Waals surface area contributed by atoms with Crippen molar-refractivity contribution in [1.29, 1.82) is 0 Å². The lowest BCUT2D eigenvalue weighted by molar-refractivity contribution is -0.169. The number of likely N-dealkylation sites (tertiary alicyclic amines) is 1. The summed E-state index contributed by atoms with van der Waals surface area (Å²) < 4.78 is 38.5. The van der Waals surface area contributed by atoms with E-state index < -0.39 is 17.8 Å². The van der Waals surface area contributed by atoms with Crippen molar-refractivity contribution >= 4 is 5.91 Å². The van der Waals surface area contributed by atoms with Gasteiger partial charge in [-0.3, -0.25) is 10.1 Å². The highest BCUT2D eigenvalue weighted by molar-refractivity contribution is 5.81. The van der Waals surface area contributed by atoms with Crippen LogP contribution in [0.2, 0.25) is 0 Å². The van der Waals surface area contributed by atoms with Gasteiger partial charge in [0.05, 0.1) is 6.04 Å². The van der Waals surface area contributed by atoms with Crippen LogP contribution in [-0.4, -0.2) is 41.7 Å². The van der Waals surface area contributed by atoms with Crippen molar-refractivity contribution in [2.24, 2.45) is 0 Å². The molecule has 2 aliphatic rings. The van der Waals surface area contributed by atoms with Crippen molar-refractivity contribution in [1.82, 2.24) is 10.2 Å². The quantitative estimate of drug-likeness (QED) is 0.860. The van der Waals surface area contributed by atoms with Crippen LogP contribution < -0.4 is 5.32 Å². The zero-order chi connectivity index (χ0) is 14.1. The first kappa shape index (κ1) is 14.6. The summed E-state index contributed by atoms with van der Waals surface area (Å²) >= 11 is 0. The number of carbonyl (C=O) groups excluding carboxylic acids is 1. The minimum atomic E-state index is -4.26. The number of rotatable bonds is 3. The number of alkyl halides is 3. The highest BCUT2D eigenvalue weighted by Crippen LogP contribution is 2.49. The molecule has 2 rings (SSSR count). The first-order valence-electron chi connectivity index (χ1n) is 6.99. The third-order valence-electron chi connectivity index (χ3n) is 4.07. The van der Waals surface area contributed by atoms with Crippen molar-refractivity contribution in [3.8, 4) is 0 Å². The van der Waals surface area contributed by atoms with Gasteiger partial charge in [0.1, 0.15) is 5.54 Å². The predicted octanol–water partition coefficient (Wildman–Crippen LogP) is 2.46. The van der Waals surface area contributed by atoms with Crippen LogP contribution in [0.5, 0.6) is 0 Å². The van der Waals surface area contributed by atoms with E-state index in [9.17, 15) is 18.0 Å². The number of amides is 1. The van der Waals surface area contributed by atoms with Gasteiger partial charge in [-0.1, -0.05) is 12.8 Å². The average Bonchev–Trinajstić information content (AvgIpc) is 3.10. The molecule has 0 bridgehead atoms. The maximum atomic E-state index is 12.8. The van der Waals surface area contributed by atoms with Crippen molar-refractivity contribution in [2.45, 2.75) is 63.2 Å². The van der Waals surface area contributed by atoms with Gasteiger partial charge in [0.15, 0.2) is 0 Å². The Balaban J connectivity index is 1.92. The summed E-state index contributed by atoms with van der Waals surface area (Å²) in [6.07, 6.45) is -0.0233. The average molecular weight is 278 g/mol. The molecule has 0 aromatic carbocycles. The van der Waals surface area contributed by atoms with E-state index in [1.54, 1.807) is 11.8 Å². The fourth-order valence-corrected chi connectivity index (χ4v) is 2.68. The highest BCUT2D eigenvalue weighted by atomic mass is 19.4. The molecule has 2 fully saturated rings. The number of nitrogens with one attached hydrogen (secondary N) is 1. The molecular weight excluding hydrogens is 257 g/mol. The van der Waals surface area contributed by atoms with Crippen LogP contribution in [0.4, 0.5) is 13.2 Å². The zero-order valence-electron chi connectivity index (χ0n) is 11.2. The highest BCUT2D eigenvalue weighted by Gasteiger charge is 2.64. The van der Waals surface area contributed by atoms with Crippen LogP contribution in [0.15, 0.2) is 0 Å². The van der Waals surface area contributed by atoms with Gasteiger partial charge < -0.3 is 4.90 Å². The summed E-state index contributed by atoms with van der Waals surface area (Å²) in [4.78, 5) is 13.9. The van der Waals surface area contributed by atoms with Gasteiger partial charge in [0, 0.05) is 13.1 Å². The molecule has 1 heterocycles. The second-order valence-corrected chi connectivity index (χ2v) is 5.69. The van der Waals surface area contributed by atoms with Crippen molar-refractivity contribution in [3.63, 3.8) is 0 Å². The van der Waals surface area contributed by atoms with E-state index >= 15 is 0 Å². The SMILES string of the molecule is CC(NC1(C(F)(F)F)CC1)C(=O)N1CCCCCC1. The van der Waals surface area contributed by atoms with Gasteiger partial charge in [-0.25, -0.2) is 0 Å². The Bertz CT molecular complexity index is 331. The van der Waals surface area contributed by atoms with Crippen LogP contribution in [0, 0.1) is 0 Å². The van der Waals surface area contributed by atoms with Crippen molar-refractivity contribution < 1.29 is 18.0 Å². The van der Waals surface area contributed by atoms with E-state index in [1.807, 2.05) is 0 Å². The number of hydrogen-bond acceptors (Lipinski definition) is 2. The van der Waals surface area contributed by atoms with Gasteiger partial charge in [0.2, 0.25) is 5.91 Å². The standard InChI is InChI=1S/C13H21F3N2O/c1-10(17-12(6-7-12)13(14,15)16)11(19)18-8-4-2-3-5-9-18/h10,17H,2-9H2,1H3. The molecule has 1 saturated carbocycles. The maximum absolute atomic E-state index is 12.8. The molecule has 1 aliphatic heterocycles. The van der Waals surface area contributed by atoms with Crippen LogP contribution in [0.25, 0.3) is 0 Å². The lowest BCUT2D eigenvalue weighted by atomic mass is 10.2. The Labute approximate surface area is 111 Å². The minimum absolute atomic E-state index is 0.0775. The third-order valence-corrected chi connectivity index (χ3v) is 4.07. The normalized spacial score (nSPS) is 24.7. The molecule has 0 aromatic rings. The molecule has 6 heteroatoms. The molecule has 1 amide bonds. The lowest BCUT2D eigenvalue weighted by Crippen LogP contribution is -2.54. The number of carbonyl (C=O) groups is 1. The largest absolute Gasteiger partial charge is 0.406 e. The first-order valence-corrected chi connectivity index (χ1v) is 6.99. The monoisotopic (exact) mass is 278 g/mol. The fourth-order valence-electron chi connectivity index (χ4n) is 2.68. The molecule has 3 nitrogen and oxygen atoms in total. The molecule has 0 aromatic heterocycles. The van der Waals surface area contributed by atoms with Crippen LogP contribution in [0.1, 0.15) is 45.4 Å². The molecule has 1 unspecified atom stereocenters. The summed E-state index contributed by atoms with van der Waals surface area (Å²) in [5.41, 5.74) is -1.81. The Morgan fingerprint density at radius 3 is 2.11 bits per heavy atom. The molecule has 1 saturated heterocycles. The minimum Gasteiger partial charge on any atom is -0.341 e. The smallest absolute Gasteiger partial charge is 0.341 e. The number of halogens is 3. The van der Waals surface area contributed by atoms with E-state index in [0.29, 0.717) is 13.1 Å². The zero-order valence-corrected chi connectivity index (χ0v) is 11.2. The molecule has 1 aliphatic carbocycles. The van der Waals surface area contributed by atoms with Gasteiger partial charge in [-0.2, -0.15) is 13.2 Å². The van der Waals surface area contributed by atoms with Gasteiger partial charge in [-0.05, 0) is 32.6 Å². The summed E-state index contributed by atoms with van der Waals surface area (Å²) in [5, 5.41) is 2.51. The molecular formula is C13H21F3N2O. The molecule has 19 heavy (non-hydrogen) atoms. The third kappa shape index (κ3) is 3.22. The van der Waals surface area contributed by atoms with Gasteiger partial charge in [0.25, 0.3) is 0 Å². The molecule has 1 N–H and O–H groups in total. The second-order valence-electron chi connectivity index (χ2n) is 5.69. The van der Waals surface area contributed by atoms with E-state index in [0.717, 1.165) is 25.7 Å². The summed E-state index contributed by atoms with van der Waals surface area (Å²) in [7, 11) is 0. The Hall–Kier alpha value is -0.780. The summed E-state index contributed by atoms with van der Waals surface area (Å²) in [6, 6.07) is -0.762. The maximum Gasteiger partial charge on any atom is 0.406 e. The number of nitrogens with zero attached hydrogens (tertiary/aromatic N) is 1. The van der Waals surface area contributed by atoms with Gasteiger partial charge in [-0.15, -0.1) is 0 Å². The Kier molecular flexibility index (Phi) is 4.08. The van der Waals surface area contributed by atoms with E-state index in [1.165, 1.54) is 0 Å². The second kappa shape index (κ2) is 5.31. The van der Waals surface area contributed by atoms with Crippen LogP contribution in [-0.2, 0) is 4.79 Å². The molecule has 1 atom stereocenters. The number of hydrogen-bond donors (Lipinski definition) is 1.